The van der Waals surface area contributed by atoms with Gasteiger partial charge in [-0.3, -0.25) is 0 Å². The van der Waals surface area contributed by atoms with Gasteiger partial charge < -0.3 is 5.11 Å². The molecule has 0 aliphatic rings. The molecule has 0 saturated carbocycles. The molecule has 4 heteroatoms. The summed E-state index contributed by atoms with van der Waals surface area (Å²) in [6.45, 7) is 1.78. The number of aromatic nitrogens is 1. The van der Waals surface area contributed by atoms with Crippen molar-refractivity contribution in [1.82, 2.24) is 4.98 Å². The second-order valence-electron chi connectivity index (χ2n) is 3.17. The van der Waals surface area contributed by atoms with E-state index in [-0.39, 0.29) is 6.10 Å². The largest absolute Gasteiger partial charge is 0.393 e. The summed E-state index contributed by atoms with van der Waals surface area (Å²) in [7, 11) is 0. The van der Waals surface area contributed by atoms with Crippen LogP contribution in [0.15, 0.2) is 22.9 Å². The fourth-order valence-corrected chi connectivity index (χ4v) is 2.86. The van der Waals surface area contributed by atoms with E-state index in [1.165, 1.54) is 4.88 Å². The molecule has 0 fully saturated rings. The van der Waals surface area contributed by atoms with Crippen molar-refractivity contribution < 1.29 is 5.11 Å². The van der Waals surface area contributed by atoms with Crippen LogP contribution in [0.5, 0.6) is 0 Å². The van der Waals surface area contributed by atoms with Gasteiger partial charge in [-0.1, -0.05) is 6.07 Å². The molecule has 2 aromatic rings. The predicted molar refractivity (Wildman–Crippen MR) is 60.8 cm³/mol. The molecule has 0 aliphatic heterocycles. The molecule has 0 aliphatic carbocycles. The van der Waals surface area contributed by atoms with E-state index in [1.54, 1.807) is 29.6 Å². The van der Waals surface area contributed by atoms with E-state index in [0.717, 1.165) is 10.7 Å². The van der Waals surface area contributed by atoms with Gasteiger partial charge in [0.15, 0.2) is 0 Å². The second-order valence-corrected chi connectivity index (χ2v) is 4.98. The van der Waals surface area contributed by atoms with Gasteiger partial charge in [-0.15, -0.1) is 22.7 Å². The van der Waals surface area contributed by atoms with E-state index < -0.39 is 0 Å². The van der Waals surface area contributed by atoms with Crippen LogP contribution in [0.4, 0.5) is 0 Å². The molecule has 0 radical (unpaired) electrons. The number of nitrogens with zero attached hydrogens (tertiary/aromatic N) is 1. The van der Waals surface area contributed by atoms with E-state index in [9.17, 15) is 5.11 Å². The molecule has 1 atom stereocenters. The minimum absolute atomic E-state index is 0.312. The highest BCUT2D eigenvalue weighted by molar-refractivity contribution is 7.20. The molecule has 2 nitrogen and oxygen atoms in total. The van der Waals surface area contributed by atoms with Crippen LogP contribution in [0.25, 0.3) is 9.88 Å². The highest BCUT2D eigenvalue weighted by Gasteiger charge is 2.06. The molecule has 0 aromatic carbocycles. The Hall–Kier alpha value is -0.710. The molecule has 2 aromatic heterocycles. The Bertz CT molecular complexity index is 392. The van der Waals surface area contributed by atoms with Crippen molar-refractivity contribution in [3.8, 4) is 9.88 Å². The van der Waals surface area contributed by atoms with Crippen LogP contribution in [-0.4, -0.2) is 16.2 Å². The van der Waals surface area contributed by atoms with Gasteiger partial charge in [0.25, 0.3) is 0 Å². The molecule has 0 spiro atoms. The fourth-order valence-electron chi connectivity index (χ4n) is 1.22. The van der Waals surface area contributed by atoms with Crippen molar-refractivity contribution in [2.75, 3.05) is 0 Å². The maximum atomic E-state index is 9.21. The number of thiophene rings is 1. The molecule has 1 N–H and O–H groups in total. The smallest absolute Gasteiger partial charge is 0.133 e. The third kappa shape index (κ3) is 2.20. The van der Waals surface area contributed by atoms with Crippen LogP contribution >= 0.6 is 22.7 Å². The van der Waals surface area contributed by atoms with E-state index in [4.69, 9.17) is 0 Å². The van der Waals surface area contributed by atoms with Crippen molar-refractivity contribution in [3.05, 3.63) is 28.6 Å². The average molecular weight is 225 g/mol. The van der Waals surface area contributed by atoms with Gasteiger partial charge in [-0.2, -0.15) is 0 Å². The first-order valence-corrected chi connectivity index (χ1v) is 6.18. The van der Waals surface area contributed by atoms with Gasteiger partial charge in [0, 0.05) is 11.8 Å². The quantitative estimate of drug-likeness (QED) is 0.871. The van der Waals surface area contributed by atoms with Gasteiger partial charge in [-0.05, 0) is 18.4 Å². The Morgan fingerprint density at radius 2 is 2.36 bits per heavy atom. The van der Waals surface area contributed by atoms with Gasteiger partial charge in [0.2, 0.25) is 0 Å². The number of hydrogen-bond acceptors (Lipinski definition) is 4. The SMILES string of the molecule is CC(O)Cc1csc(-c2cccs2)n1. The summed E-state index contributed by atoms with van der Waals surface area (Å²) in [6.07, 6.45) is 0.329. The van der Waals surface area contributed by atoms with Crippen molar-refractivity contribution in [2.45, 2.75) is 19.4 Å². The number of aliphatic hydroxyl groups excluding tert-OH is 1. The lowest BCUT2D eigenvalue weighted by molar-refractivity contribution is 0.194. The van der Waals surface area contributed by atoms with Crippen LogP contribution in [0, 0.1) is 0 Å². The Labute approximate surface area is 90.9 Å². The van der Waals surface area contributed by atoms with E-state index in [0.29, 0.717) is 6.42 Å². The minimum atomic E-state index is -0.312. The summed E-state index contributed by atoms with van der Waals surface area (Å²) in [4.78, 5) is 5.66. The summed E-state index contributed by atoms with van der Waals surface area (Å²) >= 11 is 3.33. The minimum Gasteiger partial charge on any atom is -0.393 e. The Balaban J connectivity index is 2.18. The summed E-state index contributed by atoms with van der Waals surface area (Å²) in [6, 6.07) is 4.09. The normalized spacial score (nSPS) is 13.0. The van der Waals surface area contributed by atoms with Crippen LogP contribution in [0.3, 0.4) is 0 Å². The summed E-state index contributed by atoms with van der Waals surface area (Å²) < 4.78 is 0. The highest BCUT2D eigenvalue weighted by Crippen LogP contribution is 2.27. The van der Waals surface area contributed by atoms with Crippen molar-refractivity contribution in [3.63, 3.8) is 0 Å². The topological polar surface area (TPSA) is 33.1 Å². The van der Waals surface area contributed by atoms with E-state index in [2.05, 4.69) is 11.1 Å². The van der Waals surface area contributed by atoms with Gasteiger partial charge >= 0.3 is 0 Å². The molecule has 0 bridgehead atoms. The van der Waals surface area contributed by atoms with Crippen molar-refractivity contribution in [2.24, 2.45) is 0 Å². The molecule has 14 heavy (non-hydrogen) atoms. The van der Waals surface area contributed by atoms with Crippen LogP contribution in [0.1, 0.15) is 12.6 Å². The number of aliphatic hydroxyl groups is 1. The molecular weight excluding hydrogens is 214 g/mol. The lowest BCUT2D eigenvalue weighted by Crippen LogP contribution is -2.03. The maximum absolute atomic E-state index is 9.21. The first kappa shape index (κ1) is 9.83. The molecule has 1 unspecified atom stereocenters. The monoisotopic (exact) mass is 225 g/mol. The molecule has 0 amide bonds. The zero-order valence-corrected chi connectivity index (χ0v) is 9.44. The van der Waals surface area contributed by atoms with E-state index >= 15 is 0 Å². The molecule has 2 rings (SSSR count). The first-order valence-electron chi connectivity index (χ1n) is 4.42. The summed E-state index contributed by atoms with van der Waals surface area (Å²) in [5, 5.41) is 14.3. The zero-order chi connectivity index (χ0) is 9.97. The van der Waals surface area contributed by atoms with Gasteiger partial charge in [0.1, 0.15) is 5.01 Å². The van der Waals surface area contributed by atoms with Crippen molar-refractivity contribution in [1.29, 1.82) is 0 Å². The number of rotatable bonds is 3. The summed E-state index contributed by atoms with van der Waals surface area (Å²) in [5.74, 6) is 0. The third-order valence-electron chi connectivity index (χ3n) is 1.79. The highest BCUT2D eigenvalue weighted by atomic mass is 32.1. The predicted octanol–water partition coefficient (Wildman–Crippen LogP) is 2.79. The van der Waals surface area contributed by atoms with Crippen LogP contribution < -0.4 is 0 Å². The summed E-state index contributed by atoms with van der Waals surface area (Å²) in [5.41, 5.74) is 0.980. The molecule has 2 heterocycles. The lowest BCUT2D eigenvalue weighted by Gasteiger charge is -1.98. The molecule has 0 saturated heterocycles. The molecular formula is C10H11NOS2. The van der Waals surface area contributed by atoms with Crippen LogP contribution in [0.2, 0.25) is 0 Å². The average Bonchev–Trinajstić information content (AvgIpc) is 2.69. The lowest BCUT2D eigenvalue weighted by atomic mass is 10.2. The maximum Gasteiger partial charge on any atom is 0.133 e. The Morgan fingerprint density at radius 1 is 1.50 bits per heavy atom. The van der Waals surface area contributed by atoms with Gasteiger partial charge in [0.05, 0.1) is 16.7 Å². The third-order valence-corrected chi connectivity index (χ3v) is 3.72. The molecule has 74 valence electrons. The van der Waals surface area contributed by atoms with Gasteiger partial charge in [-0.25, -0.2) is 4.98 Å². The fraction of sp³-hybridized carbons (Fsp3) is 0.300. The first-order chi connectivity index (χ1) is 6.75. The second kappa shape index (κ2) is 4.21. The number of thiazole rings is 1. The van der Waals surface area contributed by atoms with Crippen molar-refractivity contribution >= 4 is 22.7 Å². The zero-order valence-electron chi connectivity index (χ0n) is 7.80. The number of hydrogen-bond donors (Lipinski definition) is 1. The Morgan fingerprint density at radius 3 is 3.00 bits per heavy atom. The van der Waals surface area contributed by atoms with E-state index in [1.807, 2.05) is 16.8 Å². The Kier molecular flexibility index (Phi) is 2.96. The van der Waals surface area contributed by atoms with Crippen LogP contribution in [-0.2, 0) is 6.42 Å². The standard InChI is InChI=1S/C10H11NOS2/c1-7(12)5-8-6-14-10(11-8)9-3-2-4-13-9/h2-4,6-7,12H,5H2,1H3.